The van der Waals surface area contributed by atoms with Crippen molar-refractivity contribution in [3.05, 3.63) is 76.8 Å². The molecule has 8 nitrogen and oxygen atoms in total. The Morgan fingerprint density at radius 3 is 2.70 bits per heavy atom. The molecule has 2 aromatic heterocycles. The number of hydrogen-bond acceptors (Lipinski definition) is 6. The highest BCUT2D eigenvalue weighted by atomic mass is 16.5. The van der Waals surface area contributed by atoms with E-state index in [1.165, 1.54) is 7.11 Å². The van der Waals surface area contributed by atoms with Crippen LogP contribution in [0.25, 0.3) is 22.2 Å². The molecule has 0 spiro atoms. The SMILES string of the molecule is COc1cccc2cc(C(=O)N3CC(n4cc(-c5ccccc5)nn4)C3)c(=O)oc12. The first-order valence-electron chi connectivity index (χ1n) is 9.51. The monoisotopic (exact) mass is 402 g/mol. The largest absolute Gasteiger partial charge is 0.493 e. The third kappa shape index (κ3) is 3.02. The molecule has 4 aromatic rings. The van der Waals surface area contributed by atoms with E-state index in [9.17, 15) is 9.59 Å². The minimum absolute atomic E-state index is 0.0118. The predicted octanol–water partition coefficient (Wildman–Crippen LogP) is 2.76. The van der Waals surface area contributed by atoms with E-state index < -0.39 is 5.63 Å². The number of aromatic nitrogens is 3. The Labute approximate surface area is 171 Å². The molecular formula is C22H18N4O4. The van der Waals surface area contributed by atoms with E-state index in [1.807, 2.05) is 36.5 Å². The molecule has 3 heterocycles. The lowest BCUT2D eigenvalue weighted by Crippen LogP contribution is -2.51. The highest BCUT2D eigenvalue weighted by molar-refractivity contribution is 5.97. The average Bonchev–Trinajstić information content (AvgIpc) is 3.22. The lowest BCUT2D eigenvalue weighted by Gasteiger charge is -2.38. The zero-order valence-electron chi connectivity index (χ0n) is 16.2. The molecule has 0 atom stereocenters. The van der Waals surface area contributed by atoms with Gasteiger partial charge in [-0.05, 0) is 12.1 Å². The molecule has 150 valence electrons. The third-order valence-electron chi connectivity index (χ3n) is 5.28. The number of carbonyl (C=O) groups excluding carboxylic acids is 1. The summed E-state index contributed by atoms with van der Waals surface area (Å²) in [7, 11) is 1.50. The van der Waals surface area contributed by atoms with E-state index in [-0.39, 0.29) is 17.5 Å². The van der Waals surface area contributed by atoms with E-state index in [2.05, 4.69) is 10.3 Å². The highest BCUT2D eigenvalue weighted by Gasteiger charge is 2.34. The number of rotatable bonds is 4. The molecule has 1 fully saturated rings. The second-order valence-electron chi connectivity index (χ2n) is 7.14. The van der Waals surface area contributed by atoms with E-state index >= 15 is 0 Å². The Balaban J connectivity index is 1.33. The fraction of sp³-hybridized carbons (Fsp3) is 0.182. The minimum atomic E-state index is -0.674. The normalized spacial score (nSPS) is 14.0. The number of methoxy groups -OCH3 is 1. The van der Waals surface area contributed by atoms with Gasteiger partial charge in [-0.25, -0.2) is 9.48 Å². The number of likely N-dealkylation sites (tertiary alicyclic amines) is 1. The van der Waals surface area contributed by atoms with Crippen LogP contribution >= 0.6 is 0 Å². The van der Waals surface area contributed by atoms with Gasteiger partial charge >= 0.3 is 5.63 Å². The quantitative estimate of drug-likeness (QED) is 0.488. The summed E-state index contributed by atoms with van der Waals surface area (Å²) in [6.07, 6.45) is 1.87. The van der Waals surface area contributed by atoms with Gasteiger partial charge in [0, 0.05) is 24.0 Å². The number of para-hydroxylation sites is 1. The van der Waals surface area contributed by atoms with Crippen LogP contribution in [-0.4, -0.2) is 46.0 Å². The maximum atomic E-state index is 12.8. The van der Waals surface area contributed by atoms with Crippen LogP contribution in [0.4, 0.5) is 0 Å². The van der Waals surface area contributed by atoms with Gasteiger partial charge in [-0.3, -0.25) is 4.79 Å². The van der Waals surface area contributed by atoms with Crippen molar-refractivity contribution in [1.29, 1.82) is 0 Å². The van der Waals surface area contributed by atoms with Gasteiger partial charge in [-0.1, -0.05) is 47.7 Å². The molecular weight excluding hydrogens is 384 g/mol. The zero-order chi connectivity index (χ0) is 20.7. The maximum absolute atomic E-state index is 12.8. The van der Waals surface area contributed by atoms with Crippen molar-refractivity contribution in [3.8, 4) is 17.0 Å². The van der Waals surface area contributed by atoms with Gasteiger partial charge in [0.15, 0.2) is 11.3 Å². The molecule has 0 aliphatic carbocycles. The third-order valence-corrected chi connectivity index (χ3v) is 5.28. The smallest absolute Gasteiger partial charge is 0.349 e. The van der Waals surface area contributed by atoms with Crippen molar-refractivity contribution >= 4 is 16.9 Å². The molecule has 0 unspecified atom stereocenters. The Morgan fingerprint density at radius 1 is 1.13 bits per heavy atom. The molecule has 2 aromatic carbocycles. The summed E-state index contributed by atoms with van der Waals surface area (Å²) in [6.45, 7) is 0.901. The van der Waals surface area contributed by atoms with Crippen LogP contribution in [0.1, 0.15) is 16.4 Å². The predicted molar refractivity (Wildman–Crippen MR) is 109 cm³/mol. The number of nitrogens with zero attached hydrogens (tertiary/aromatic N) is 4. The average molecular weight is 402 g/mol. The standard InChI is InChI=1S/C22H18N4O4/c1-29-19-9-5-8-15-10-17(22(28)30-20(15)19)21(27)25-11-16(12-25)26-13-18(23-24-26)14-6-3-2-4-7-14/h2-10,13,16H,11-12H2,1H3. The van der Waals surface area contributed by atoms with Crippen LogP contribution in [0.2, 0.25) is 0 Å². The fourth-order valence-electron chi connectivity index (χ4n) is 3.58. The molecule has 0 radical (unpaired) electrons. The van der Waals surface area contributed by atoms with Crippen molar-refractivity contribution in [3.63, 3.8) is 0 Å². The van der Waals surface area contributed by atoms with E-state index in [0.717, 1.165) is 11.3 Å². The number of hydrogen-bond donors (Lipinski definition) is 0. The Kier molecular flexibility index (Phi) is 4.31. The molecule has 0 bridgehead atoms. The van der Waals surface area contributed by atoms with Gasteiger partial charge in [0.1, 0.15) is 11.3 Å². The van der Waals surface area contributed by atoms with Crippen molar-refractivity contribution < 1.29 is 13.9 Å². The molecule has 1 aliphatic rings. The lowest BCUT2D eigenvalue weighted by atomic mass is 10.1. The molecule has 1 saturated heterocycles. The van der Waals surface area contributed by atoms with Crippen LogP contribution in [0.3, 0.4) is 0 Å². The summed E-state index contributed by atoms with van der Waals surface area (Å²) in [4.78, 5) is 26.8. The van der Waals surface area contributed by atoms with Gasteiger partial charge < -0.3 is 14.1 Å². The first-order valence-corrected chi connectivity index (χ1v) is 9.51. The van der Waals surface area contributed by atoms with Crippen molar-refractivity contribution in [2.75, 3.05) is 20.2 Å². The van der Waals surface area contributed by atoms with Crippen LogP contribution in [0, 0.1) is 0 Å². The Hall–Kier alpha value is -3.94. The molecule has 1 aliphatic heterocycles. The number of fused-ring (bicyclic) bond motifs is 1. The molecule has 0 N–H and O–H groups in total. The number of amides is 1. The van der Waals surface area contributed by atoms with Gasteiger partial charge in [-0.15, -0.1) is 5.10 Å². The first kappa shape index (κ1) is 18.1. The second-order valence-corrected chi connectivity index (χ2v) is 7.14. The van der Waals surface area contributed by atoms with Crippen LogP contribution in [0.5, 0.6) is 5.75 Å². The second kappa shape index (κ2) is 7.14. The molecule has 0 saturated carbocycles. The Bertz CT molecular complexity index is 1290. The van der Waals surface area contributed by atoms with Crippen LogP contribution < -0.4 is 10.4 Å². The molecule has 30 heavy (non-hydrogen) atoms. The first-order chi connectivity index (χ1) is 14.6. The zero-order valence-corrected chi connectivity index (χ0v) is 16.2. The Morgan fingerprint density at radius 2 is 1.93 bits per heavy atom. The van der Waals surface area contributed by atoms with Crippen LogP contribution in [-0.2, 0) is 0 Å². The molecule has 8 heteroatoms. The highest BCUT2D eigenvalue weighted by Crippen LogP contribution is 2.27. The van der Waals surface area contributed by atoms with Crippen LogP contribution in [0.15, 0.2) is 70.0 Å². The summed E-state index contributed by atoms with van der Waals surface area (Å²) in [6, 6.07) is 16.6. The summed E-state index contributed by atoms with van der Waals surface area (Å²) in [5, 5.41) is 9.05. The van der Waals surface area contributed by atoms with Crippen molar-refractivity contribution in [2.45, 2.75) is 6.04 Å². The van der Waals surface area contributed by atoms with Crippen molar-refractivity contribution in [2.24, 2.45) is 0 Å². The van der Waals surface area contributed by atoms with Gasteiger partial charge in [0.05, 0.1) is 19.3 Å². The maximum Gasteiger partial charge on any atom is 0.349 e. The van der Waals surface area contributed by atoms with E-state index in [1.54, 1.807) is 33.8 Å². The summed E-state index contributed by atoms with van der Waals surface area (Å²) in [5.41, 5.74) is 1.44. The summed E-state index contributed by atoms with van der Waals surface area (Å²) >= 11 is 0. The number of benzene rings is 2. The number of ether oxygens (including phenoxy) is 1. The van der Waals surface area contributed by atoms with Crippen molar-refractivity contribution in [1.82, 2.24) is 19.9 Å². The fourth-order valence-corrected chi connectivity index (χ4v) is 3.58. The van der Waals surface area contributed by atoms with Gasteiger partial charge in [0.2, 0.25) is 0 Å². The van der Waals surface area contributed by atoms with Gasteiger partial charge in [0.25, 0.3) is 5.91 Å². The number of carbonyl (C=O) groups is 1. The summed E-state index contributed by atoms with van der Waals surface area (Å²) in [5.74, 6) is 0.0983. The van der Waals surface area contributed by atoms with E-state index in [0.29, 0.717) is 29.8 Å². The topological polar surface area (TPSA) is 90.5 Å². The van der Waals surface area contributed by atoms with E-state index in [4.69, 9.17) is 9.15 Å². The lowest BCUT2D eigenvalue weighted by molar-refractivity contribution is 0.0494. The minimum Gasteiger partial charge on any atom is -0.493 e. The molecule has 1 amide bonds. The van der Waals surface area contributed by atoms with Gasteiger partial charge in [-0.2, -0.15) is 0 Å². The molecule has 5 rings (SSSR count). The summed E-state index contributed by atoms with van der Waals surface area (Å²) < 4.78 is 12.3.